The van der Waals surface area contributed by atoms with E-state index in [1.807, 2.05) is 53.6 Å². The summed E-state index contributed by atoms with van der Waals surface area (Å²) in [6.07, 6.45) is 4.44. The standard InChI is InChI=1S/C25H25N3O3/c1-30-20-9-10-22-19(13-20)14-23(27-22)25(29)28-11-5-8-18(16-28)24-26-15-21(31-24)12-17-6-3-2-4-7-17/h2-4,6-7,9-10,13-15,18,27H,5,8,11-12,16H2,1H3. The van der Waals surface area contributed by atoms with Gasteiger partial charge in [-0.2, -0.15) is 0 Å². The van der Waals surface area contributed by atoms with Crippen molar-refractivity contribution in [1.82, 2.24) is 14.9 Å². The van der Waals surface area contributed by atoms with Gasteiger partial charge in [0.2, 0.25) is 0 Å². The maximum absolute atomic E-state index is 13.2. The van der Waals surface area contributed by atoms with Crippen molar-refractivity contribution in [3.05, 3.63) is 83.7 Å². The van der Waals surface area contributed by atoms with Crippen molar-refractivity contribution < 1.29 is 13.9 Å². The number of amides is 1. The highest BCUT2D eigenvalue weighted by atomic mass is 16.5. The van der Waals surface area contributed by atoms with Crippen LogP contribution in [0.2, 0.25) is 0 Å². The van der Waals surface area contributed by atoms with Crippen LogP contribution in [-0.4, -0.2) is 41.0 Å². The lowest BCUT2D eigenvalue weighted by Gasteiger charge is -2.31. The van der Waals surface area contributed by atoms with E-state index in [4.69, 9.17) is 9.15 Å². The Hall–Kier alpha value is -3.54. The number of ether oxygens (including phenoxy) is 1. The first-order chi connectivity index (χ1) is 15.2. The number of oxazole rings is 1. The van der Waals surface area contributed by atoms with E-state index < -0.39 is 0 Å². The largest absolute Gasteiger partial charge is 0.497 e. The van der Waals surface area contributed by atoms with Gasteiger partial charge in [0.1, 0.15) is 17.2 Å². The zero-order valence-electron chi connectivity index (χ0n) is 17.5. The predicted octanol–water partition coefficient (Wildman–Crippen LogP) is 4.78. The highest BCUT2D eigenvalue weighted by Crippen LogP contribution is 2.29. The van der Waals surface area contributed by atoms with E-state index >= 15 is 0 Å². The van der Waals surface area contributed by atoms with Crippen LogP contribution in [0.25, 0.3) is 10.9 Å². The molecular weight excluding hydrogens is 390 g/mol. The average Bonchev–Trinajstić information content (AvgIpc) is 3.46. The van der Waals surface area contributed by atoms with Crippen LogP contribution in [0.4, 0.5) is 0 Å². The van der Waals surface area contributed by atoms with Crippen LogP contribution in [0.1, 0.15) is 46.5 Å². The van der Waals surface area contributed by atoms with Crippen LogP contribution in [-0.2, 0) is 6.42 Å². The number of carbonyl (C=O) groups excluding carboxylic acids is 1. The molecule has 1 aliphatic rings. The van der Waals surface area contributed by atoms with Crippen molar-refractivity contribution in [2.24, 2.45) is 0 Å². The molecule has 0 bridgehead atoms. The number of benzene rings is 2. The number of hydrogen-bond donors (Lipinski definition) is 1. The quantitative estimate of drug-likeness (QED) is 0.509. The molecule has 1 saturated heterocycles. The van der Waals surface area contributed by atoms with Crippen LogP contribution >= 0.6 is 0 Å². The molecule has 0 radical (unpaired) electrons. The van der Waals surface area contributed by atoms with Crippen molar-refractivity contribution in [3.63, 3.8) is 0 Å². The van der Waals surface area contributed by atoms with E-state index in [2.05, 4.69) is 22.1 Å². The fourth-order valence-electron chi connectivity index (χ4n) is 4.28. The molecule has 5 rings (SSSR count). The number of carbonyl (C=O) groups is 1. The molecule has 0 saturated carbocycles. The van der Waals surface area contributed by atoms with Crippen LogP contribution in [0.3, 0.4) is 0 Å². The summed E-state index contributed by atoms with van der Waals surface area (Å²) < 4.78 is 11.3. The normalized spacial score (nSPS) is 16.5. The number of rotatable bonds is 5. The second kappa shape index (κ2) is 8.30. The van der Waals surface area contributed by atoms with Gasteiger partial charge in [0.15, 0.2) is 5.89 Å². The maximum atomic E-state index is 13.2. The van der Waals surface area contributed by atoms with E-state index in [0.717, 1.165) is 54.1 Å². The van der Waals surface area contributed by atoms with Gasteiger partial charge >= 0.3 is 0 Å². The van der Waals surface area contributed by atoms with E-state index in [-0.39, 0.29) is 11.8 Å². The third kappa shape index (κ3) is 4.06. The van der Waals surface area contributed by atoms with Gasteiger partial charge in [-0.15, -0.1) is 0 Å². The number of nitrogens with zero attached hydrogens (tertiary/aromatic N) is 2. The Morgan fingerprint density at radius 3 is 2.94 bits per heavy atom. The Balaban J connectivity index is 1.29. The predicted molar refractivity (Wildman–Crippen MR) is 118 cm³/mol. The molecule has 1 aliphatic heterocycles. The fraction of sp³-hybridized carbons (Fsp3) is 0.280. The minimum atomic E-state index is 0.0101. The molecule has 158 valence electrons. The summed E-state index contributed by atoms with van der Waals surface area (Å²) in [6, 6.07) is 17.9. The molecule has 0 aliphatic carbocycles. The van der Waals surface area contributed by atoms with Crippen LogP contribution in [0.15, 0.2) is 65.2 Å². The second-order valence-corrected chi connectivity index (χ2v) is 8.05. The summed E-state index contributed by atoms with van der Waals surface area (Å²) in [7, 11) is 1.64. The molecule has 6 heteroatoms. The summed E-state index contributed by atoms with van der Waals surface area (Å²) in [5, 5.41) is 0.967. The zero-order chi connectivity index (χ0) is 21.2. The van der Waals surface area contributed by atoms with Crippen LogP contribution in [0.5, 0.6) is 5.75 Å². The number of aromatic nitrogens is 2. The molecule has 4 aromatic rings. The molecule has 1 amide bonds. The highest BCUT2D eigenvalue weighted by Gasteiger charge is 2.29. The zero-order valence-corrected chi connectivity index (χ0v) is 17.5. The van der Waals surface area contributed by atoms with E-state index in [9.17, 15) is 4.79 Å². The van der Waals surface area contributed by atoms with Crippen molar-refractivity contribution >= 4 is 16.8 Å². The summed E-state index contributed by atoms with van der Waals surface area (Å²) in [5.41, 5.74) is 2.72. The SMILES string of the molecule is COc1ccc2[nH]c(C(=O)N3CCCC(c4ncc(Cc5ccccc5)o4)C3)cc2c1. The Morgan fingerprint density at radius 2 is 2.10 bits per heavy atom. The smallest absolute Gasteiger partial charge is 0.270 e. The van der Waals surface area contributed by atoms with Crippen molar-refractivity contribution in [2.45, 2.75) is 25.2 Å². The number of aromatic amines is 1. The first-order valence-corrected chi connectivity index (χ1v) is 10.6. The third-order valence-corrected chi connectivity index (χ3v) is 5.91. The molecule has 0 spiro atoms. The summed E-state index contributed by atoms with van der Waals surface area (Å²) in [6.45, 7) is 1.36. The Labute approximate surface area is 180 Å². The van der Waals surface area contributed by atoms with Gasteiger partial charge in [-0.1, -0.05) is 30.3 Å². The van der Waals surface area contributed by atoms with Gasteiger partial charge in [0.05, 0.1) is 19.2 Å². The monoisotopic (exact) mass is 415 g/mol. The number of methoxy groups -OCH3 is 1. The molecule has 31 heavy (non-hydrogen) atoms. The molecule has 6 nitrogen and oxygen atoms in total. The Morgan fingerprint density at radius 1 is 1.23 bits per heavy atom. The molecule has 1 unspecified atom stereocenters. The molecule has 1 N–H and O–H groups in total. The molecule has 1 fully saturated rings. The van der Waals surface area contributed by atoms with E-state index in [1.165, 1.54) is 5.56 Å². The number of fused-ring (bicyclic) bond motifs is 1. The van der Waals surface area contributed by atoms with Gasteiger partial charge in [-0.05, 0) is 42.7 Å². The molecular formula is C25H25N3O3. The van der Waals surface area contributed by atoms with Gasteiger partial charge in [-0.25, -0.2) is 4.98 Å². The number of nitrogens with one attached hydrogen (secondary N) is 1. The lowest BCUT2D eigenvalue weighted by atomic mass is 9.97. The molecule has 2 aromatic carbocycles. The van der Waals surface area contributed by atoms with Crippen molar-refractivity contribution in [2.75, 3.05) is 20.2 Å². The summed E-state index contributed by atoms with van der Waals surface area (Å²) >= 11 is 0. The maximum Gasteiger partial charge on any atom is 0.270 e. The second-order valence-electron chi connectivity index (χ2n) is 8.05. The minimum Gasteiger partial charge on any atom is -0.497 e. The first-order valence-electron chi connectivity index (χ1n) is 10.6. The van der Waals surface area contributed by atoms with Crippen molar-refractivity contribution in [1.29, 1.82) is 0 Å². The van der Waals surface area contributed by atoms with E-state index in [1.54, 1.807) is 7.11 Å². The molecule has 2 aromatic heterocycles. The summed E-state index contributed by atoms with van der Waals surface area (Å²) in [4.78, 5) is 22.8. The number of likely N-dealkylation sites (tertiary alicyclic amines) is 1. The average molecular weight is 415 g/mol. The van der Waals surface area contributed by atoms with Crippen LogP contribution in [0, 0.1) is 0 Å². The van der Waals surface area contributed by atoms with Crippen molar-refractivity contribution in [3.8, 4) is 5.75 Å². The lowest BCUT2D eigenvalue weighted by molar-refractivity contribution is 0.0693. The minimum absolute atomic E-state index is 0.0101. The lowest BCUT2D eigenvalue weighted by Crippen LogP contribution is -2.39. The van der Waals surface area contributed by atoms with Crippen LogP contribution < -0.4 is 4.74 Å². The molecule has 3 heterocycles. The Bertz CT molecular complexity index is 1200. The number of H-pyrrole nitrogens is 1. The summed E-state index contributed by atoms with van der Waals surface area (Å²) in [5.74, 6) is 2.49. The first kappa shape index (κ1) is 19.4. The van der Waals surface area contributed by atoms with Gasteiger partial charge in [0, 0.05) is 30.4 Å². The number of piperidine rings is 1. The van der Waals surface area contributed by atoms with Gasteiger partial charge in [0.25, 0.3) is 5.91 Å². The Kier molecular flexibility index (Phi) is 5.20. The highest BCUT2D eigenvalue weighted by molar-refractivity contribution is 5.98. The van der Waals surface area contributed by atoms with Gasteiger partial charge < -0.3 is 19.0 Å². The van der Waals surface area contributed by atoms with Gasteiger partial charge in [-0.3, -0.25) is 4.79 Å². The molecule has 1 atom stereocenters. The topological polar surface area (TPSA) is 71.4 Å². The van der Waals surface area contributed by atoms with E-state index in [0.29, 0.717) is 12.2 Å². The third-order valence-electron chi connectivity index (χ3n) is 5.91. The fourth-order valence-corrected chi connectivity index (χ4v) is 4.28. The number of hydrogen-bond acceptors (Lipinski definition) is 4.